The van der Waals surface area contributed by atoms with Gasteiger partial charge in [-0.25, -0.2) is 0 Å². The molecule has 1 fully saturated rings. The lowest BCUT2D eigenvalue weighted by Crippen LogP contribution is -2.44. The molecule has 0 aromatic carbocycles. The van der Waals surface area contributed by atoms with Crippen molar-refractivity contribution < 1.29 is 33.7 Å². The van der Waals surface area contributed by atoms with Crippen LogP contribution < -0.4 is 0 Å². The Morgan fingerprint density at radius 2 is 1.86 bits per heavy atom. The third kappa shape index (κ3) is 2.85. The van der Waals surface area contributed by atoms with Crippen molar-refractivity contribution in [1.82, 2.24) is 0 Å². The fourth-order valence-corrected chi connectivity index (χ4v) is 3.31. The van der Waals surface area contributed by atoms with E-state index < -0.39 is 41.4 Å². The first-order chi connectivity index (χ1) is 10.4. The molecule has 1 N–H and O–H groups in total. The van der Waals surface area contributed by atoms with E-state index in [4.69, 9.17) is 19.3 Å². The Kier molecular flexibility index (Phi) is 4.85. The van der Waals surface area contributed by atoms with Crippen LogP contribution in [0.2, 0.25) is 0 Å². The molecule has 0 spiro atoms. The number of aliphatic carboxylic acids is 1. The van der Waals surface area contributed by atoms with E-state index in [9.17, 15) is 14.4 Å². The molecule has 2 aliphatic rings. The van der Waals surface area contributed by atoms with Crippen molar-refractivity contribution in [3.8, 4) is 0 Å². The number of unbranched alkanes of at least 4 members (excludes halogenated alkanes) is 1. The zero-order valence-corrected chi connectivity index (χ0v) is 12.6. The molecule has 0 aromatic rings. The number of fused-ring (bicyclic) bond motifs is 2. The summed E-state index contributed by atoms with van der Waals surface area (Å²) in [6.07, 6.45) is 4.63. The maximum atomic E-state index is 12.1. The molecule has 22 heavy (non-hydrogen) atoms. The van der Waals surface area contributed by atoms with Crippen molar-refractivity contribution in [3.05, 3.63) is 12.2 Å². The zero-order chi connectivity index (χ0) is 16.3. The van der Waals surface area contributed by atoms with Crippen molar-refractivity contribution in [2.75, 3.05) is 14.2 Å². The lowest BCUT2D eigenvalue weighted by atomic mass is 9.73. The van der Waals surface area contributed by atoms with Crippen molar-refractivity contribution in [3.63, 3.8) is 0 Å². The normalized spacial score (nSPS) is 32.0. The summed E-state index contributed by atoms with van der Waals surface area (Å²) in [7, 11) is 2.54. The van der Waals surface area contributed by atoms with E-state index in [2.05, 4.69) is 0 Å². The van der Waals surface area contributed by atoms with E-state index in [0.29, 0.717) is 19.3 Å². The molecule has 2 heterocycles. The predicted molar refractivity (Wildman–Crippen MR) is 73.9 cm³/mol. The van der Waals surface area contributed by atoms with E-state index in [1.54, 1.807) is 12.2 Å². The van der Waals surface area contributed by atoms with E-state index in [-0.39, 0.29) is 6.42 Å². The van der Waals surface area contributed by atoms with E-state index in [1.807, 2.05) is 0 Å². The predicted octanol–water partition coefficient (Wildman–Crippen LogP) is 0.917. The third-order valence-corrected chi connectivity index (χ3v) is 4.30. The van der Waals surface area contributed by atoms with Crippen molar-refractivity contribution in [1.29, 1.82) is 0 Å². The Labute approximate surface area is 128 Å². The summed E-state index contributed by atoms with van der Waals surface area (Å²) in [6.45, 7) is 0. The summed E-state index contributed by atoms with van der Waals surface area (Å²) in [4.78, 5) is 34.7. The average Bonchev–Trinajstić information content (AvgIpc) is 3.06. The summed E-state index contributed by atoms with van der Waals surface area (Å²) in [5.41, 5.74) is -0.908. The first-order valence-corrected chi connectivity index (χ1v) is 7.20. The fourth-order valence-electron chi connectivity index (χ4n) is 3.31. The van der Waals surface area contributed by atoms with Crippen LogP contribution in [-0.2, 0) is 28.6 Å². The van der Waals surface area contributed by atoms with Gasteiger partial charge in [0, 0.05) is 6.42 Å². The summed E-state index contributed by atoms with van der Waals surface area (Å²) >= 11 is 0. The molecule has 122 valence electrons. The number of carboxylic acid groups (broad SMARTS) is 1. The molecule has 0 radical (unpaired) electrons. The van der Waals surface area contributed by atoms with Gasteiger partial charge in [-0.3, -0.25) is 14.4 Å². The van der Waals surface area contributed by atoms with Gasteiger partial charge < -0.3 is 19.3 Å². The smallest absolute Gasteiger partial charge is 0.312 e. The SMILES string of the molecule is COC(=O)[C@H]1[C@H]2C=C[C@](CCCCC(=O)O)(O2)[C@H]1C(=O)OC. The quantitative estimate of drug-likeness (QED) is 0.424. The molecule has 0 amide bonds. The maximum Gasteiger partial charge on any atom is 0.312 e. The standard InChI is InChI=1S/C15H20O7/c1-20-13(18)11-9-6-8-15(22-9,12(11)14(19)21-2)7-4-3-5-10(16)17/h6,8-9,11-12H,3-5,7H2,1-2H3,(H,16,17)/t9-,11+,12-,15+/m1/s1. The lowest BCUT2D eigenvalue weighted by molar-refractivity contribution is -0.158. The highest BCUT2D eigenvalue weighted by Crippen LogP contribution is 2.50. The number of hydrogen-bond acceptors (Lipinski definition) is 6. The molecule has 0 aromatic heterocycles. The van der Waals surface area contributed by atoms with Gasteiger partial charge >= 0.3 is 17.9 Å². The largest absolute Gasteiger partial charge is 0.481 e. The number of ether oxygens (including phenoxy) is 3. The Bertz CT molecular complexity index is 498. The molecular formula is C15H20O7. The molecule has 0 aliphatic carbocycles. The van der Waals surface area contributed by atoms with Gasteiger partial charge in [-0.2, -0.15) is 0 Å². The van der Waals surface area contributed by atoms with Gasteiger partial charge in [0.15, 0.2) is 0 Å². The van der Waals surface area contributed by atoms with Gasteiger partial charge in [0.1, 0.15) is 17.4 Å². The zero-order valence-electron chi connectivity index (χ0n) is 12.6. The molecule has 0 saturated carbocycles. The molecule has 7 nitrogen and oxygen atoms in total. The van der Waals surface area contributed by atoms with Crippen molar-refractivity contribution >= 4 is 17.9 Å². The van der Waals surface area contributed by atoms with E-state index in [1.165, 1.54) is 14.2 Å². The molecule has 7 heteroatoms. The number of carbonyl (C=O) groups is 3. The second-order valence-electron chi connectivity index (χ2n) is 5.55. The minimum Gasteiger partial charge on any atom is -0.481 e. The number of esters is 2. The molecule has 1 saturated heterocycles. The Morgan fingerprint density at radius 1 is 1.18 bits per heavy atom. The van der Waals surface area contributed by atoms with Crippen molar-refractivity contribution in [2.45, 2.75) is 37.4 Å². The summed E-state index contributed by atoms with van der Waals surface area (Å²) < 4.78 is 15.5. The number of carbonyl (C=O) groups excluding carboxylic acids is 2. The van der Waals surface area contributed by atoms with Crippen LogP contribution in [0.15, 0.2) is 12.2 Å². The maximum absolute atomic E-state index is 12.1. The topological polar surface area (TPSA) is 99.1 Å². The van der Waals surface area contributed by atoms with Crippen LogP contribution in [0.4, 0.5) is 0 Å². The number of methoxy groups -OCH3 is 2. The van der Waals surface area contributed by atoms with Crippen LogP contribution >= 0.6 is 0 Å². The Hall–Kier alpha value is -1.89. The van der Waals surface area contributed by atoms with Crippen LogP contribution in [0.3, 0.4) is 0 Å². The molecule has 2 bridgehead atoms. The minimum absolute atomic E-state index is 0.0620. The van der Waals surface area contributed by atoms with Crippen LogP contribution in [0.25, 0.3) is 0 Å². The molecule has 2 rings (SSSR count). The monoisotopic (exact) mass is 312 g/mol. The highest BCUT2D eigenvalue weighted by molar-refractivity contribution is 5.85. The van der Waals surface area contributed by atoms with Gasteiger partial charge in [-0.15, -0.1) is 0 Å². The third-order valence-electron chi connectivity index (χ3n) is 4.30. The van der Waals surface area contributed by atoms with Gasteiger partial charge in [0.2, 0.25) is 0 Å². The van der Waals surface area contributed by atoms with Gasteiger partial charge in [-0.1, -0.05) is 12.2 Å². The van der Waals surface area contributed by atoms with Gasteiger partial charge in [-0.05, 0) is 19.3 Å². The number of hydrogen-bond donors (Lipinski definition) is 1. The van der Waals surface area contributed by atoms with E-state index in [0.717, 1.165) is 0 Å². The Morgan fingerprint density at radius 3 is 2.45 bits per heavy atom. The van der Waals surface area contributed by atoms with Gasteiger partial charge in [0.05, 0.1) is 20.3 Å². The number of carboxylic acids is 1. The highest BCUT2D eigenvalue weighted by Gasteiger charge is 2.62. The first-order valence-electron chi connectivity index (χ1n) is 7.20. The fraction of sp³-hybridized carbons (Fsp3) is 0.667. The second-order valence-corrected chi connectivity index (χ2v) is 5.55. The van der Waals surface area contributed by atoms with Crippen molar-refractivity contribution in [2.24, 2.45) is 11.8 Å². The Balaban J connectivity index is 2.14. The average molecular weight is 312 g/mol. The van der Waals surface area contributed by atoms with E-state index >= 15 is 0 Å². The molecular weight excluding hydrogens is 292 g/mol. The minimum atomic E-state index is -0.908. The van der Waals surface area contributed by atoms with Crippen LogP contribution in [0, 0.1) is 11.8 Å². The molecule has 2 aliphatic heterocycles. The highest BCUT2D eigenvalue weighted by atomic mass is 16.6. The second kappa shape index (κ2) is 6.48. The molecule has 4 atom stereocenters. The lowest BCUT2D eigenvalue weighted by Gasteiger charge is -2.30. The van der Waals surface area contributed by atoms with Gasteiger partial charge in [0.25, 0.3) is 0 Å². The summed E-state index contributed by atoms with van der Waals surface area (Å²) in [5, 5.41) is 8.68. The van der Waals surface area contributed by atoms with Crippen LogP contribution in [0.1, 0.15) is 25.7 Å². The summed E-state index contributed by atoms with van der Waals surface area (Å²) in [5.74, 6) is -3.36. The number of rotatable bonds is 7. The first kappa shape index (κ1) is 16.5. The van der Waals surface area contributed by atoms with Crippen LogP contribution in [0.5, 0.6) is 0 Å². The van der Waals surface area contributed by atoms with Crippen LogP contribution in [-0.4, -0.2) is 48.9 Å². The molecule has 0 unspecified atom stereocenters. The summed E-state index contributed by atoms with van der Waals surface area (Å²) in [6, 6.07) is 0.